The molecule has 11 nitrogen and oxygen atoms in total. The molecule has 0 spiro atoms. The van der Waals surface area contributed by atoms with Crippen LogP contribution in [0.3, 0.4) is 0 Å². The lowest BCUT2D eigenvalue weighted by molar-refractivity contribution is 0.0506. The minimum absolute atomic E-state index is 0.107. The van der Waals surface area contributed by atoms with E-state index in [1.54, 1.807) is 54.7 Å². The first-order chi connectivity index (χ1) is 17.1. The summed E-state index contributed by atoms with van der Waals surface area (Å²) >= 11 is 1.03. The molecule has 4 rings (SSSR count). The second-order valence-corrected chi connectivity index (χ2v) is 9.47. The summed E-state index contributed by atoms with van der Waals surface area (Å²) in [7, 11) is 5.10. The van der Waals surface area contributed by atoms with Crippen LogP contribution >= 0.6 is 11.3 Å². The van der Waals surface area contributed by atoms with Crippen molar-refractivity contribution >= 4 is 39.8 Å². The van der Waals surface area contributed by atoms with Gasteiger partial charge in [-0.2, -0.15) is 10.2 Å². The predicted octanol–water partition coefficient (Wildman–Crippen LogP) is 3.33. The Balaban J connectivity index is 1.72. The molecule has 2 amide bonds. The molecule has 0 bridgehead atoms. The maximum Gasteiger partial charge on any atom is 0.341 e. The summed E-state index contributed by atoms with van der Waals surface area (Å²) in [6.45, 7) is 5.72. The molecule has 12 heteroatoms. The van der Waals surface area contributed by atoms with E-state index in [2.05, 4.69) is 20.5 Å². The first-order valence-corrected chi connectivity index (χ1v) is 12.1. The van der Waals surface area contributed by atoms with Crippen molar-refractivity contribution in [1.82, 2.24) is 29.3 Å². The highest BCUT2D eigenvalue weighted by Crippen LogP contribution is 2.35. The predicted molar refractivity (Wildman–Crippen MR) is 136 cm³/mol. The molecular weight excluding hydrogens is 482 g/mol. The van der Waals surface area contributed by atoms with E-state index in [1.165, 1.54) is 4.90 Å². The molecule has 0 unspecified atom stereocenters. The van der Waals surface area contributed by atoms with E-state index >= 15 is 0 Å². The second-order valence-electron chi connectivity index (χ2n) is 8.45. The average Bonchev–Trinajstić information content (AvgIpc) is 3.52. The average molecular weight is 510 g/mol. The van der Waals surface area contributed by atoms with Gasteiger partial charge in [0.05, 0.1) is 28.9 Å². The number of esters is 1. The van der Waals surface area contributed by atoms with Gasteiger partial charge in [0.1, 0.15) is 5.00 Å². The van der Waals surface area contributed by atoms with Gasteiger partial charge in [-0.25, -0.2) is 14.3 Å². The van der Waals surface area contributed by atoms with Gasteiger partial charge in [0.25, 0.3) is 11.8 Å². The normalized spacial score (nSPS) is 11.1. The molecule has 0 fully saturated rings. The Hall–Kier alpha value is -4.06. The highest BCUT2D eigenvalue weighted by Gasteiger charge is 2.28. The Labute approximate surface area is 211 Å². The molecular formula is C24H27N7O4S. The van der Waals surface area contributed by atoms with Crippen molar-refractivity contribution in [3.05, 3.63) is 51.9 Å². The fourth-order valence-electron chi connectivity index (χ4n) is 3.65. The van der Waals surface area contributed by atoms with E-state index in [0.717, 1.165) is 28.3 Å². The number of rotatable bonds is 7. The number of nitrogens with zero attached hydrogens (tertiary/aromatic N) is 6. The zero-order valence-electron chi connectivity index (χ0n) is 20.9. The number of aryl methyl sites for hydroxylation is 1. The number of carbonyl (C=O) groups is 3. The number of amides is 2. The molecule has 1 N–H and O–H groups in total. The van der Waals surface area contributed by atoms with Crippen LogP contribution in [-0.4, -0.2) is 67.8 Å². The van der Waals surface area contributed by atoms with Gasteiger partial charge in [0.2, 0.25) is 0 Å². The number of hydrogen-bond donors (Lipinski definition) is 1. The molecule has 188 valence electrons. The minimum Gasteiger partial charge on any atom is -0.462 e. The fourth-order valence-corrected chi connectivity index (χ4v) is 4.86. The van der Waals surface area contributed by atoms with Crippen LogP contribution in [0.15, 0.2) is 24.5 Å². The van der Waals surface area contributed by atoms with Crippen molar-refractivity contribution in [2.45, 2.75) is 27.2 Å². The monoisotopic (exact) mass is 509 g/mol. The van der Waals surface area contributed by atoms with Gasteiger partial charge in [-0.1, -0.05) is 6.92 Å². The van der Waals surface area contributed by atoms with Crippen molar-refractivity contribution < 1.29 is 19.1 Å². The third-order valence-corrected chi connectivity index (χ3v) is 6.91. The largest absolute Gasteiger partial charge is 0.462 e. The Bertz CT molecular complexity index is 1480. The van der Waals surface area contributed by atoms with Crippen molar-refractivity contribution in [3.8, 4) is 11.3 Å². The molecule has 0 aromatic carbocycles. The maximum absolute atomic E-state index is 13.2. The minimum atomic E-state index is -0.593. The summed E-state index contributed by atoms with van der Waals surface area (Å²) in [5.74, 6) is -1.40. The highest BCUT2D eigenvalue weighted by molar-refractivity contribution is 7.18. The van der Waals surface area contributed by atoms with Gasteiger partial charge >= 0.3 is 5.97 Å². The van der Waals surface area contributed by atoms with Gasteiger partial charge in [-0.05, 0) is 31.9 Å². The van der Waals surface area contributed by atoms with Crippen molar-refractivity contribution in [2.75, 3.05) is 26.0 Å². The molecule has 0 saturated heterocycles. The third kappa shape index (κ3) is 4.47. The van der Waals surface area contributed by atoms with Crippen molar-refractivity contribution in [2.24, 2.45) is 7.05 Å². The summed E-state index contributed by atoms with van der Waals surface area (Å²) < 4.78 is 8.65. The standard InChI is InChI=1S/C24H27N7O4S/c1-7-10-35-24(34)19-13(2)20(23(33)29(4)5)36-22(19)27-21(32)16-11-18-25-9-8-17(31(18)28-16)15-12-26-30(6)14(15)3/h8-9,11-12H,7,10H2,1-6H3,(H,27,32). The Morgan fingerprint density at radius 2 is 1.97 bits per heavy atom. The molecule has 0 aliphatic carbocycles. The number of carbonyl (C=O) groups excluding carboxylic acids is 3. The topological polar surface area (TPSA) is 124 Å². The first-order valence-electron chi connectivity index (χ1n) is 11.3. The molecule has 36 heavy (non-hydrogen) atoms. The number of nitrogens with one attached hydrogen (secondary N) is 1. The smallest absolute Gasteiger partial charge is 0.341 e. The number of ether oxygens (including phenoxy) is 1. The van der Waals surface area contributed by atoms with E-state index in [4.69, 9.17) is 4.74 Å². The van der Waals surface area contributed by atoms with Crippen LogP contribution in [0.25, 0.3) is 16.9 Å². The Kier molecular flexibility index (Phi) is 6.88. The summed E-state index contributed by atoms with van der Waals surface area (Å²) in [6.07, 6.45) is 4.02. The third-order valence-electron chi connectivity index (χ3n) is 5.72. The van der Waals surface area contributed by atoms with E-state index in [1.807, 2.05) is 20.9 Å². The molecule has 0 atom stereocenters. The van der Waals surface area contributed by atoms with Crippen LogP contribution in [0.1, 0.15) is 55.1 Å². The van der Waals surface area contributed by atoms with Crippen LogP contribution in [0.2, 0.25) is 0 Å². The summed E-state index contributed by atoms with van der Waals surface area (Å²) in [5.41, 5.74) is 3.75. The summed E-state index contributed by atoms with van der Waals surface area (Å²) in [4.78, 5) is 44.8. The number of thiophene rings is 1. The Morgan fingerprint density at radius 1 is 1.22 bits per heavy atom. The van der Waals surface area contributed by atoms with Gasteiger partial charge in [-0.3, -0.25) is 14.3 Å². The van der Waals surface area contributed by atoms with Crippen LogP contribution in [0.5, 0.6) is 0 Å². The van der Waals surface area contributed by atoms with E-state index in [-0.39, 0.29) is 28.8 Å². The van der Waals surface area contributed by atoms with E-state index in [9.17, 15) is 14.4 Å². The van der Waals surface area contributed by atoms with Crippen LogP contribution in [0.4, 0.5) is 5.00 Å². The van der Waals surface area contributed by atoms with Crippen LogP contribution in [0, 0.1) is 13.8 Å². The molecule has 0 aliphatic rings. The quantitative estimate of drug-likeness (QED) is 0.379. The van der Waals surface area contributed by atoms with Crippen LogP contribution < -0.4 is 5.32 Å². The highest BCUT2D eigenvalue weighted by atomic mass is 32.1. The molecule has 0 radical (unpaired) electrons. The zero-order chi connectivity index (χ0) is 26.1. The first kappa shape index (κ1) is 25.0. The molecule has 4 aromatic rings. The van der Waals surface area contributed by atoms with Gasteiger partial charge in [0.15, 0.2) is 11.3 Å². The van der Waals surface area contributed by atoms with Crippen molar-refractivity contribution in [1.29, 1.82) is 0 Å². The summed E-state index contributed by atoms with van der Waals surface area (Å²) in [6, 6.07) is 3.36. The molecule has 4 aromatic heterocycles. The second kappa shape index (κ2) is 9.90. The van der Waals surface area contributed by atoms with Gasteiger partial charge < -0.3 is 15.0 Å². The molecule has 0 aliphatic heterocycles. The lowest BCUT2D eigenvalue weighted by atomic mass is 10.1. The summed E-state index contributed by atoms with van der Waals surface area (Å²) in [5, 5.41) is 11.8. The lowest BCUT2D eigenvalue weighted by Gasteiger charge is -2.09. The van der Waals surface area contributed by atoms with Gasteiger partial charge in [0, 0.05) is 44.7 Å². The lowest BCUT2D eigenvalue weighted by Crippen LogP contribution is -2.21. The van der Waals surface area contributed by atoms with E-state index in [0.29, 0.717) is 22.5 Å². The fraction of sp³-hybridized carbons (Fsp3) is 0.333. The van der Waals surface area contributed by atoms with Gasteiger partial charge in [-0.15, -0.1) is 11.3 Å². The number of aromatic nitrogens is 5. The number of hydrogen-bond acceptors (Lipinski definition) is 8. The Morgan fingerprint density at radius 3 is 2.61 bits per heavy atom. The molecule has 0 saturated carbocycles. The van der Waals surface area contributed by atoms with Crippen molar-refractivity contribution in [3.63, 3.8) is 0 Å². The maximum atomic E-state index is 13.2. The van der Waals surface area contributed by atoms with E-state index < -0.39 is 11.9 Å². The number of fused-ring (bicyclic) bond motifs is 1. The zero-order valence-corrected chi connectivity index (χ0v) is 21.8. The molecule has 4 heterocycles. The number of anilines is 1. The van der Waals surface area contributed by atoms with Crippen LogP contribution in [-0.2, 0) is 11.8 Å². The SMILES string of the molecule is CCCOC(=O)c1c(NC(=O)c2cc3nccc(-c4cnn(C)c4C)n3n2)sc(C(=O)N(C)C)c1C.